The fourth-order valence-corrected chi connectivity index (χ4v) is 2.04. The summed E-state index contributed by atoms with van der Waals surface area (Å²) in [5, 5.41) is 5.67. The molecule has 2 rings (SSSR count). The average molecular weight is 260 g/mol. The van der Waals surface area contributed by atoms with Crippen molar-refractivity contribution in [3.05, 3.63) is 29.8 Å². The van der Waals surface area contributed by atoms with Crippen LogP contribution in [-0.2, 0) is 9.59 Å². The van der Waals surface area contributed by atoms with Gasteiger partial charge in [-0.05, 0) is 31.4 Å². The number of benzene rings is 1. The molecule has 4 heteroatoms. The zero-order valence-corrected chi connectivity index (χ0v) is 11.2. The second kappa shape index (κ2) is 6.36. The predicted molar refractivity (Wildman–Crippen MR) is 74.8 cm³/mol. The number of rotatable bonds is 5. The molecule has 0 spiro atoms. The molecule has 0 atom stereocenters. The van der Waals surface area contributed by atoms with Crippen LogP contribution in [0.1, 0.15) is 31.2 Å². The predicted octanol–water partition coefficient (Wildman–Crippen LogP) is 2.24. The number of hydrogen-bond acceptors (Lipinski definition) is 2. The van der Waals surface area contributed by atoms with Crippen molar-refractivity contribution in [2.45, 2.75) is 32.6 Å². The second-order valence-corrected chi connectivity index (χ2v) is 5.03. The van der Waals surface area contributed by atoms with Gasteiger partial charge in [-0.1, -0.05) is 24.6 Å². The number of hydrogen-bond donors (Lipinski definition) is 2. The number of nitrogens with one attached hydrogen (secondary N) is 2. The van der Waals surface area contributed by atoms with E-state index in [1.54, 1.807) is 0 Å². The fourth-order valence-electron chi connectivity index (χ4n) is 2.04. The van der Waals surface area contributed by atoms with Gasteiger partial charge in [-0.2, -0.15) is 0 Å². The van der Waals surface area contributed by atoms with Gasteiger partial charge in [0.05, 0.1) is 0 Å². The van der Waals surface area contributed by atoms with E-state index in [1.807, 2.05) is 31.2 Å². The molecule has 1 fully saturated rings. The molecule has 0 unspecified atom stereocenters. The Balaban J connectivity index is 1.70. The van der Waals surface area contributed by atoms with Crippen LogP contribution in [0.5, 0.6) is 0 Å². The molecule has 19 heavy (non-hydrogen) atoms. The van der Waals surface area contributed by atoms with Crippen molar-refractivity contribution in [2.75, 3.05) is 11.9 Å². The highest BCUT2D eigenvalue weighted by Gasteiger charge is 2.24. The van der Waals surface area contributed by atoms with Gasteiger partial charge in [0.2, 0.25) is 11.8 Å². The number of para-hydroxylation sites is 1. The Morgan fingerprint density at radius 1 is 1.26 bits per heavy atom. The molecular weight excluding hydrogens is 240 g/mol. The Labute approximate surface area is 113 Å². The van der Waals surface area contributed by atoms with Gasteiger partial charge in [0.1, 0.15) is 0 Å². The topological polar surface area (TPSA) is 58.2 Å². The van der Waals surface area contributed by atoms with Crippen molar-refractivity contribution in [1.29, 1.82) is 0 Å². The molecular formula is C15H20N2O2. The van der Waals surface area contributed by atoms with E-state index in [9.17, 15) is 9.59 Å². The van der Waals surface area contributed by atoms with Crippen LogP contribution in [-0.4, -0.2) is 18.4 Å². The summed E-state index contributed by atoms with van der Waals surface area (Å²) in [6.07, 6.45) is 3.43. The number of anilines is 1. The Kier molecular flexibility index (Phi) is 4.55. The summed E-state index contributed by atoms with van der Waals surface area (Å²) in [7, 11) is 0. The molecule has 1 saturated carbocycles. The van der Waals surface area contributed by atoms with E-state index in [1.165, 1.54) is 0 Å². The van der Waals surface area contributed by atoms with E-state index >= 15 is 0 Å². The van der Waals surface area contributed by atoms with E-state index in [0.717, 1.165) is 30.5 Å². The Morgan fingerprint density at radius 2 is 2.00 bits per heavy atom. The summed E-state index contributed by atoms with van der Waals surface area (Å²) in [5.74, 6) is 0.206. The van der Waals surface area contributed by atoms with Crippen molar-refractivity contribution in [3.63, 3.8) is 0 Å². The monoisotopic (exact) mass is 260 g/mol. The van der Waals surface area contributed by atoms with Gasteiger partial charge in [-0.25, -0.2) is 0 Å². The first-order chi connectivity index (χ1) is 9.16. The van der Waals surface area contributed by atoms with E-state index < -0.39 is 0 Å². The van der Waals surface area contributed by atoms with Gasteiger partial charge in [0.25, 0.3) is 0 Å². The van der Waals surface area contributed by atoms with Crippen LogP contribution in [0.15, 0.2) is 24.3 Å². The van der Waals surface area contributed by atoms with Crippen molar-refractivity contribution < 1.29 is 9.59 Å². The smallest absolute Gasteiger partial charge is 0.226 e. The van der Waals surface area contributed by atoms with E-state index in [-0.39, 0.29) is 17.7 Å². The van der Waals surface area contributed by atoms with Crippen LogP contribution in [0.3, 0.4) is 0 Å². The molecule has 102 valence electrons. The van der Waals surface area contributed by atoms with E-state index in [2.05, 4.69) is 10.6 Å². The largest absolute Gasteiger partial charge is 0.355 e. The maximum Gasteiger partial charge on any atom is 0.226 e. The molecule has 2 N–H and O–H groups in total. The highest BCUT2D eigenvalue weighted by Crippen LogP contribution is 2.26. The molecule has 0 radical (unpaired) electrons. The molecule has 1 aromatic carbocycles. The first-order valence-corrected chi connectivity index (χ1v) is 6.80. The molecule has 1 aliphatic rings. The lowest BCUT2D eigenvalue weighted by molar-refractivity contribution is -0.127. The molecule has 0 saturated heterocycles. The summed E-state index contributed by atoms with van der Waals surface area (Å²) in [5.41, 5.74) is 1.87. The molecule has 0 heterocycles. The standard InChI is InChI=1S/C15H20N2O2/c1-11-5-2-3-8-13(11)17-14(18)9-10-16-15(19)12-6-4-7-12/h2-3,5,8,12H,4,6-7,9-10H2,1H3,(H,16,19)(H,17,18). The maximum absolute atomic E-state index is 11.7. The minimum absolute atomic E-state index is 0.0665. The SMILES string of the molecule is Cc1ccccc1NC(=O)CCNC(=O)C1CCC1. The van der Waals surface area contributed by atoms with Crippen molar-refractivity contribution in [3.8, 4) is 0 Å². The maximum atomic E-state index is 11.7. The number of carbonyl (C=O) groups is 2. The highest BCUT2D eigenvalue weighted by molar-refractivity contribution is 5.91. The highest BCUT2D eigenvalue weighted by atomic mass is 16.2. The molecule has 0 aliphatic heterocycles. The number of aryl methyl sites for hydroxylation is 1. The third kappa shape index (κ3) is 3.81. The fraction of sp³-hybridized carbons (Fsp3) is 0.467. The van der Waals surface area contributed by atoms with Gasteiger partial charge < -0.3 is 10.6 Å². The lowest BCUT2D eigenvalue weighted by atomic mass is 9.85. The lowest BCUT2D eigenvalue weighted by Crippen LogP contribution is -2.36. The molecule has 2 amide bonds. The second-order valence-electron chi connectivity index (χ2n) is 5.03. The summed E-state index contributed by atoms with van der Waals surface area (Å²) in [6.45, 7) is 2.36. The normalized spacial score (nSPS) is 14.6. The van der Waals surface area contributed by atoms with Crippen LogP contribution < -0.4 is 10.6 Å². The van der Waals surface area contributed by atoms with E-state index in [4.69, 9.17) is 0 Å². The Bertz CT molecular complexity index is 467. The molecule has 4 nitrogen and oxygen atoms in total. The molecule has 1 aliphatic carbocycles. The van der Waals surface area contributed by atoms with Gasteiger partial charge in [0.15, 0.2) is 0 Å². The zero-order valence-electron chi connectivity index (χ0n) is 11.2. The first kappa shape index (κ1) is 13.6. The Morgan fingerprint density at radius 3 is 2.63 bits per heavy atom. The van der Waals surface area contributed by atoms with Gasteiger partial charge in [-0.3, -0.25) is 9.59 Å². The summed E-state index contributed by atoms with van der Waals surface area (Å²) >= 11 is 0. The van der Waals surface area contributed by atoms with Crippen LogP contribution in [0.25, 0.3) is 0 Å². The number of amides is 2. The van der Waals surface area contributed by atoms with E-state index in [0.29, 0.717) is 13.0 Å². The first-order valence-electron chi connectivity index (χ1n) is 6.80. The minimum atomic E-state index is -0.0665. The molecule has 1 aromatic rings. The quantitative estimate of drug-likeness (QED) is 0.853. The lowest BCUT2D eigenvalue weighted by Gasteiger charge is -2.23. The zero-order chi connectivity index (χ0) is 13.7. The van der Waals surface area contributed by atoms with Crippen molar-refractivity contribution in [1.82, 2.24) is 5.32 Å². The van der Waals surface area contributed by atoms with Crippen molar-refractivity contribution >= 4 is 17.5 Å². The summed E-state index contributed by atoms with van der Waals surface area (Å²) < 4.78 is 0. The van der Waals surface area contributed by atoms with Gasteiger partial charge in [-0.15, -0.1) is 0 Å². The molecule has 0 aromatic heterocycles. The third-order valence-electron chi connectivity index (χ3n) is 3.55. The van der Waals surface area contributed by atoms with Crippen LogP contribution in [0, 0.1) is 12.8 Å². The minimum Gasteiger partial charge on any atom is -0.355 e. The summed E-state index contributed by atoms with van der Waals surface area (Å²) in [6, 6.07) is 7.65. The van der Waals surface area contributed by atoms with Crippen LogP contribution >= 0.6 is 0 Å². The third-order valence-corrected chi connectivity index (χ3v) is 3.55. The average Bonchev–Trinajstić information content (AvgIpc) is 2.30. The number of carbonyl (C=O) groups excluding carboxylic acids is 2. The van der Waals surface area contributed by atoms with Crippen molar-refractivity contribution in [2.24, 2.45) is 5.92 Å². The molecule has 0 bridgehead atoms. The Hall–Kier alpha value is -1.84. The van der Waals surface area contributed by atoms with Crippen LogP contribution in [0.4, 0.5) is 5.69 Å². The van der Waals surface area contributed by atoms with Gasteiger partial charge >= 0.3 is 0 Å². The van der Waals surface area contributed by atoms with Crippen LogP contribution in [0.2, 0.25) is 0 Å². The summed E-state index contributed by atoms with van der Waals surface area (Å²) in [4.78, 5) is 23.3. The van der Waals surface area contributed by atoms with Gasteiger partial charge in [0, 0.05) is 24.6 Å².